The number of carbonyl (C=O) groups is 3. The third kappa shape index (κ3) is 4.39. The minimum absolute atomic E-state index is 0.129. The van der Waals surface area contributed by atoms with Gasteiger partial charge < -0.3 is 20.1 Å². The number of nitriles is 1. The monoisotopic (exact) mass is 439 g/mol. The highest BCUT2D eigenvalue weighted by atomic mass is 32.1. The molecule has 160 valence electrons. The van der Waals surface area contributed by atoms with Crippen molar-refractivity contribution in [1.82, 2.24) is 0 Å². The van der Waals surface area contributed by atoms with Crippen LogP contribution < -0.4 is 15.4 Å². The summed E-state index contributed by atoms with van der Waals surface area (Å²) in [6.07, 6.45) is 3.95. The molecule has 1 aromatic heterocycles. The molecule has 1 aliphatic carbocycles. The fraction of sp³-hybridized carbons (Fsp3) is 0.364. The maximum absolute atomic E-state index is 12.6. The van der Waals surface area contributed by atoms with Crippen LogP contribution in [0.2, 0.25) is 0 Å². The van der Waals surface area contributed by atoms with Crippen molar-refractivity contribution >= 4 is 39.8 Å². The average Bonchev–Trinajstić information content (AvgIpc) is 2.91. The van der Waals surface area contributed by atoms with Gasteiger partial charge in [-0.2, -0.15) is 5.26 Å². The number of esters is 1. The summed E-state index contributed by atoms with van der Waals surface area (Å²) in [5, 5.41) is 15.5. The van der Waals surface area contributed by atoms with Gasteiger partial charge in [0, 0.05) is 4.88 Å². The van der Waals surface area contributed by atoms with Gasteiger partial charge in [0.1, 0.15) is 16.8 Å². The molecule has 4 rings (SSSR count). The van der Waals surface area contributed by atoms with Gasteiger partial charge in [0.15, 0.2) is 12.7 Å². The first-order chi connectivity index (χ1) is 15.0. The Morgan fingerprint density at radius 1 is 1.29 bits per heavy atom. The zero-order valence-corrected chi connectivity index (χ0v) is 17.8. The average molecular weight is 439 g/mol. The van der Waals surface area contributed by atoms with E-state index >= 15 is 0 Å². The molecule has 0 saturated heterocycles. The second kappa shape index (κ2) is 8.78. The molecule has 0 spiro atoms. The predicted octanol–water partition coefficient (Wildman–Crippen LogP) is 3.40. The molecule has 0 saturated carbocycles. The van der Waals surface area contributed by atoms with Crippen molar-refractivity contribution in [3.05, 3.63) is 39.8 Å². The van der Waals surface area contributed by atoms with E-state index < -0.39 is 18.0 Å². The van der Waals surface area contributed by atoms with Crippen LogP contribution in [0.1, 0.15) is 52.5 Å². The molecule has 2 aromatic rings. The molecule has 1 aliphatic heterocycles. The van der Waals surface area contributed by atoms with Crippen LogP contribution in [0.15, 0.2) is 18.2 Å². The van der Waals surface area contributed by atoms with E-state index in [1.807, 2.05) is 0 Å². The number of ether oxygens (including phenoxy) is 2. The zero-order chi connectivity index (χ0) is 22.0. The van der Waals surface area contributed by atoms with Gasteiger partial charge in [-0.05, 0) is 56.4 Å². The second-order valence-electron chi connectivity index (χ2n) is 7.46. The Kier molecular flexibility index (Phi) is 5.91. The van der Waals surface area contributed by atoms with E-state index in [4.69, 9.17) is 9.47 Å². The molecule has 8 nitrogen and oxygen atoms in total. The van der Waals surface area contributed by atoms with Crippen molar-refractivity contribution < 1.29 is 23.9 Å². The summed E-state index contributed by atoms with van der Waals surface area (Å²) >= 11 is 1.43. The van der Waals surface area contributed by atoms with Gasteiger partial charge >= 0.3 is 5.97 Å². The van der Waals surface area contributed by atoms with E-state index in [-0.39, 0.29) is 18.1 Å². The van der Waals surface area contributed by atoms with E-state index in [1.54, 1.807) is 6.07 Å². The number of nitrogens with zero attached hydrogens (tertiary/aromatic N) is 1. The molecule has 31 heavy (non-hydrogen) atoms. The molecule has 9 heteroatoms. The van der Waals surface area contributed by atoms with Crippen LogP contribution in [0.4, 0.5) is 10.7 Å². The second-order valence-corrected chi connectivity index (χ2v) is 8.57. The lowest BCUT2D eigenvalue weighted by molar-refractivity contribution is -0.123. The molecule has 0 radical (unpaired) electrons. The highest BCUT2D eigenvalue weighted by molar-refractivity contribution is 7.16. The van der Waals surface area contributed by atoms with Gasteiger partial charge in [0.2, 0.25) is 0 Å². The van der Waals surface area contributed by atoms with Crippen molar-refractivity contribution in [3.8, 4) is 11.8 Å². The Labute approximate surface area is 183 Å². The quantitative estimate of drug-likeness (QED) is 0.557. The lowest BCUT2D eigenvalue weighted by atomic mass is 10.1. The molecular weight excluding hydrogens is 418 g/mol. The van der Waals surface area contributed by atoms with Crippen molar-refractivity contribution in [3.63, 3.8) is 0 Å². The topological polar surface area (TPSA) is 118 Å². The summed E-state index contributed by atoms with van der Waals surface area (Å²) in [5.41, 5.74) is 2.23. The number of carbonyl (C=O) groups excluding carboxylic acids is 3. The van der Waals surface area contributed by atoms with Crippen LogP contribution in [-0.2, 0) is 27.2 Å². The SMILES string of the molecule is CC(OC(=O)c1ccc2c(c1)OCC(=O)N2)C(=O)Nc1sc2c(c1C#N)CCCCC2. The summed E-state index contributed by atoms with van der Waals surface area (Å²) in [5.74, 6) is -1.09. The van der Waals surface area contributed by atoms with E-state index in [9.17, 15) is 19.6 Å². The first-order valence-corrected chi connectivity index (χ1v) is 10.9. The van der Waals surface area contributed by atoms with Crippen molar-refractivity contribution in [1.29, 1.82) is 5.26 Å². The smallest absolute Gasteiger partial charge is 0.339 e. The fourth-order valence-electron chi connectivity index (χ4n) is 3.65. The minimum Gasteiger partial charge on any atom is -0.482 e. The van der Waals surface area contributed by atoms with Gasteiger partial charge in [-0.25, -0.2) is 4.79 Å². The number of aryl methyl sites for hydroxylation is 1. The van der Waals surface area contributed by atoms with Crippen molar-refractivity contribution in [2.75, 3.05) is 17.2 Å². The molecule has 1 aromatic carbocycles. The molecule has 1 unspecified atom stereocenters. The van der Waals surface area contributed by atoms with Crippen LogP contribution in [0.5, 0.6) is 5.75 Å². The number of benzene rings is 1. The Morgan fingerprint density at radius 2 is 2.10 bits per heavy atom. The standard InChI is InChI=1S/C22H21N3O5S/c1-12(30-22(28)13-7-8-16-17(9-13)29-11-19(26)24-16)20(27)25-21-15(10-23)14-5-3-2-4-6-18(14)31-21/h7-9,12H,2-6,11H2,1H3,(H,24,26)(H,25,27). The Balaban J connectivity index is 1.43. The van der Waals surface area contributed by atoms with E-state index in [0.29, 0.717) is 22.0 Å². The Hall–Kier alpha value is -3.38. The van der Waals surface area contributed by atoms with Gasteiger partial charge in [-0.1, -0.05) is 6.42 Å². The summed E-state index contributed by atoms with van der Waals surface area (Å²) < 4.78 is 10.6. The number of thiophene rings is 1. The number of rotatable bonds is 4. The largest absolute Gasteiger partial charge is 0.482 e. The maximum Gasteiger partial charge on any atom is 0.339 e. The van der Waals surface area contributed by atoms with E-state index in [1.165, 1.54) is 30.4 Å². The summed E-state index contributed by atoms with van der Waals surface area (Å²) in [6.45, 7) is 1.35. The normalized spacial score (nSPS) is 15.8. The Bertz CT molecular complexity index is 1100. The lowest BCUT2D eigenvalue weighted by Gasteiger charge is -2.18. The fourth-order valence-corrected chi connectivity index (χ4v) is 4.89. The molecule has 1 atom stereocenters. The van der Waals surface area contributed by atoms with Gasteiger partial charge in [-0.15, -0.1) is 11.3 Å². The highest BCUT2D eigenvalue weighted by Gasteiger charge is 2.25. The molecule has 2 N–H and O–H groups in total. The number of nitrogens with one attached hydrogen (secondary N) is 2. The van der Waals surface area contributed by atoms with Gasteiger partial charge in [0.05, 0.1) is 16.8 Å². The van der Waals surface area contributed by atoms with Crippen LogP contribution >= 0.6 is 11.3 Å². The minimum atomic E-state index is -1.06. The maximum atomic E-state index is 12.6. The third-order valence-electron chi connectivity index (χ3n) is 5.27. The number of hydrogen-bond acceptors (Lipinski definition) is 7. The van der Waals surface area contributed by atoms with Gasteiger partial charge in [0.25, 0.3) is 11.8 Å². The molecule has 0 fully saturated rings. The predicted molar refractivity (Wildman–Crippen MR) is 114 cm³/mol. The van der Waals surface area contributed by atoms with E-state index in [0.717, 1.165) is 42.5 Å². The molecule has 0 bridgehead atoms. The molecule has 2 heterocycles. The summed E-state index contributed by atoms with van der Waals surface area (Å²) in [6, 6.07) is 6.72. The van der Waals surface area contributed by atoms with Crippen LogP contribution in [0.3, 0.4) is 0 Å². The summed E-state index contributed by atoms with van der Waals surface area (Å²) in [7, 11) is 0. The number of amides is 2. The van der Waals surface area contributed by atoms with Gasteiger partial charge in [-0.3, -0.25) is 9.59 Å². The molecular formula is C22H21N3O5S. The van der Waals surface area contributed by atoms with Crippen LogP contribution in [0.25, 0.3) is 0 Å². The molecule has 2 amide bonds. The molecule has 2 aliphatic rings. The zero-order valence-electron chi connectivity index (χ0n) is 16.9. The first-order valence-electron chi connectivity index (χ1n) is 10.1. The number of anilines is 2. The van der Waals surface area contributed by atoms with E-state index in [2.05, 4.69) is 16.7 Å². The van der Waals surface area contributed by atoms with Crippen molar-refractivity contribution in [2.45, 2.75) is 45.1 Å². The van der Waals surface area contributed by atoms with Crippen molar-refractivity contribution in [2.24, 2.45) is 0 Å². The summed E-state index contributed by atoms with van der Waals surface area (Å²) in [4.78, 5) is 37.6. The van der Waals surface area contributed by atoms with Crippen LogP contribution in [0, 0.1) is 11.3 Å². The van der Waals surface area contributed by atoms with Crippen LogP contribution in [-0.4, -0.2) is 30.5 Å². The number of fused-ring (bicyclic) bond motifs is 2. The third-order valence-corrected chi connectivity index (χ3v) is 6.48. The first kappa shape index (κ1) is 20.9. The lowest BCUT2D eigenvalue weighted by Crippen LogP contribution is -2.30. The Morgan fingerprint density at radius 3 is 2.90 bits per heavy atom. The highest BCUT2D eigenvalue weighted by Crippen LogP contribution is 2.37. The number of hydrogen-bond donors (Lipinski definition) is 2.